The van der Waals surface area contributed by atoms with Gasteiger partial charge in [-0.25, -0.2) is 8.42 Å². The Hall–Kier alpha value is -1.54. The molecule has 2 aromatic rings. The first-order chi connectivity index (χ1) is 9.86. The quantitative estimate of drug-likeness (QED) is 0.835. The number of rotatable bonds is 3. The number of sulfone groups is 1. The molecule has 0 N–H and O–H groups in total. The summed E-state index contributed by atoms with van der Waals surface area (Å²) >= 11 is 11.7. The van der Waals surface area contributed by atoms with Crippen LogP contribution in [0.15, 0.2) is 47.4 Å². The number of halogens is 2. The highest BCUT2D eigenvalue weighted by Gasteiger charge is 2.29. The van der Waals surface area contributed by atoms with Crippen molar-refractivity contribution in [3.8, 4) is 6.07 Å². The second kappa shape index (κ2) is 6.07. The molecule has 0 saturated heterocycles. The van der Waals surface area contributed by atoms with Crippen LogP contribution in [0.1, 0.15) is 16.4 Å². The molecule has 0 aliphatic heterocycles. The van der Waals surface area contributed by atoms with Gasteiger partial charge in [-0.3, -0.25) is 0 Å². The molecule has 21 heavy (non-hydrogen) atoms. The third-order valence-corrected chi connectivity index (χ3v) is 5.69. The fourth-order valence-corrected chi connectivity index (χ4v) is 3.60. The van der Waals surface area contributed by atoms with Crippen LogP contribution in [0, 0.1) is 18.3 Å². The van der Waals surface area contributed by atoms with Crippen molar-refractivity contribution in [1.82, 2.24) is 0 Å². The molecule has 6 heteroatoms. The molecular formula is C15H11Cl2NO2S. The zero-order valence-electron chi connectivity index (χ0n) is 11.0. The molecule has 0 aromatic heterocycles. The minimum Gasteiger partial charge on any atom is -0.222 e. The maximum atomic E-state index is 12.6. The van der Waals surface area contributed by atoms with E-state index in [9.17, 15) is 13.7 Å². The molecule has 3 nitrogen and oxygen atoms in total. The number of nitriles is 1. The summed E-state index contributed by atoms with van der Waals surface area (Å²) in [4.78, 5) is 0.103. The lowest BCUT2D eigenvalue weighted by atomic mass is 10.2. The van der Waals surface area contributed by atoms with E-state index >= 15 is 0 Å². The average molecular weight is 340 g/mol. The van der Waals surface area contributed by atoms with Crippen LogP contribution in [0.5, 0.6) is 0 Å². The van der Waals surface area contributed by atoms with Gasteiger partial charge in [-0.15, -0.1) is 0 Å². The molecule has 0 bridgehead atoms. The lowest BCUT2D eigenvalue weighted by Gasteiger charge is -2.12. The van der Waals surface area contributed by atoms with Crippen molar-refractivity contribution >= 4 is 33.0 Å². The molecule has 0 spiro atoms. The van der Waals surface area contributed by atoms with Crippen LogP contribution in [0.2, 0.25) is 10.0 Å². The Morgan fingerprint density at radius 1 is 1.05 bits per heavy atom. The van der Waals surface area contributed by atoms with Crippen molar-refractivity contribution in [3.63, 3.8) is 0 Å². The van der Waals surface area contributed by atoms with E-state index in [0.29, 0.717) is 10.6 Å². The van der Waals surface area contributed by atoms with E-state index in [4.69, 9.17) is 23.2 Å². The Balaban J connectivity index is 2.52. The first-order valence-corrected chi connectivity index (χ1v) is 8.31. The normalized spacial score (nSPS) is 12.7. The summed E-state index contributed by atoms with van der Waals surface area (Å²) in [5.74, 6) is 0. The molecule has 0 aliphatic carbocycles. The summed E-state index contributed by atoms with van der Waals surface area (Å²) in [5.41, 5.74) is 1.24. The van der Waals surface area contributed by atoms with Crippen LogP contribution in [-0.4, -0.2) is 8.42 Å². The summed E-state index contributed by atoms with van der Waals surface area (Å²) in [7, 11) is -3.81. The third-order valence-electron chi connectivity index (χ3n) is 3.02. The molecule has 1 atom stereocenters. The van der Waals surface area contributed by atoms with Crippen LogP contribution in [-0.2, 0) is 9.84 Å². The topological polar surface area (TPSA) is 57.9 Å². The highest BCUT2D eigenvalue weighted by Crippen LogP contribution is 2.32. The van der Waals surface area contributed by atoms with Crippen molar-refractivity contribution in [2.75, 3.05) is 0 Å². The highest BCUT2D eigenvalue weighted by molar-refractivity contribution is 7.92. The molecule has 2 aromatic carbocycles. The predicted molar refractivity (Wildman–Crippen MR) is 83.2 cm³/mol. The molecule has 1 unspecified atom stereocenters. The largest absolute Gasteiger partial charge is 0.222 e. The first-order valence-electron chi connectivity index (χ1n) is 6.01. The van der Waals surface area contributed by atoms with E-state index in [1.807, 2.05) is 13.0 Å². The second-order valence-corrected chi connectivity index (χ2v) is 7.39. The summed E-state index contributed by atoms with van der Waals surface area (Å²) in [6.07, 6.45) is 0. The lowest BCUT2D eigenvalue weighted by Crippen LogP contribution is -2.12. The first kappa shape index (κ1) is 15.8. The van der Waals surface area contributed by atoms with Gasteiger partial charge in [-0.05, 0) is 36.8 Å². The van der Waals surface area contributed by atoms with E-state index in [0.717, 1.165) is 5.56 Å². The SMILES string of the molecule is Cc1ccc(S(=O)(=O)C(C#N)c2ccc(Cl)c(Cl)c2)cc1. The van der Waals surface area contributed by atoms with Crippen molar-refractivity contribution < 1.29 is 8.42 Å². The van der Waals surface area contributed by atoms with Gasteiger partial charge in [0.2, 0.25) is 0 Å². The molecular weight excluding hydrogens is 329 g/mol. The van der Waals surface area contributed by atoms with Crippen molar-refractivity contribution in [2.24, 2.45) is 0 Å². The van der Waals surface area contributed by atoms with Crippen LogP contribution in [0.3, 0.4) is 0 Å². The van der Waals surface area contributed by atoms with E-state index in [-0.39, 0.29) is 9.92 Å². The standard InChI is InChI=1S/C15H11Cl2NO2S/c1-10-2-5-12(6-3-10)21(19,20)15(9-18)11-4-7-13(16)14(17)8-11/h2-8,15H,1H3. The van der Waals surface area contributed by atoms with Gasteiger partial charge in [0.25, 0.3) is 0 Å². The molecule has 0 amide bonds. The Labute approximate surface area is 133 Å². The minimum atomic E-state index is -3.81. The molecule has 108 valence electrons. The van der Waals surface area contributed by atoms with Crippen LogP contribution < -0.4 is 0 Å². The third kappa shape index (κ3) is 3.21. The highest BCUT2D eigenvalue weighted by atomic mass is 35.5. The number of nitrogens with zero attached hydrogens (tertiary/aromatic N) is 1. The minimum absolute atomic E-state index is 0.103. The summed E-state index contributed by atoms with van der Waals surface area (Å²) in [6, 6.07) is 12.6. The predicted octanol–water partition coefficient (Wildman–Crippen LogP) is 4.34. The monoisotopic (exact) mass is 339 g/mol. The van der Waals surface area contributed by atoms with E-state index < -0.39 is 15.1 Å². The summed E-state index contributed by atoms with van der Waals surface area (Å²) in [5, 5.41) is 8.49. The van der Waals surface area contributed by atoms with Gasteiger partial charge < -0.3 is 0 Å². The fourth-order valence-electron chi connectivity index (χ4n) is 1.86. The number of benzene rings is 2. The van der Waals surface area contributed by atoms with Crippen molar-refractivity contribution in [2.45, 2.75) is 17.1 Å². The zero-order chi connectivity index (χ0) is 15.6. The maximum Gasteiger partial charge on any atom is 0.198 e. The van der Waals surface area contributed by atoms with E-state index in [2.05, 4.69) is 0 Å². The second-order valence-electron chi connectivity index (χ2n) is 4.54. The molecule has 0 saturated carbocycles. The van der Waals surface area contributed by atoms with Crippen LogP contribution >= 0.6 is 23.2 Å². The Morgan fingerprint density at radius 2 is 1.67 bits per heavy atom. The van der Waals surface area contributed by atoms with Crippen molar-refractivity contribution in [3.05, 3.63) is 63.6 Å². The molecule has 0 radical (unpaired) electrons. The van der Waals surface area contributed by atoms with E-state index in [1.54, 1.807) is 12.1 Å². The van der Waals surface area contributed by atoms with Gasteiger partial charge in [-0.2, -0.15) is 5.26 Å². The Morgan fingerprint density at radius 3 is 2.19 bits per heavy atom. The average Bonchev–Trinajstić information content (AvgIpc) is 2.44. The lowest BCUT2D eigenvalue weighted by molar-refractivity contribution is 0.591. The van der Waals surface area contributed by atoms with Gasteiger partial charge >= 0.3 is 0 Å². The number of hydrogen-bond donors (Lipinski definition) is 0. The zero-order valence-corrected chi connectivity index (χ0v) is 13.4. The molecule has 2 rings (SSSR count). The molecule has 0 aliphatic rings. The molecule has 0 heterocycles. The van der Waals surface area contributed by atoms with Crippen LogP contribution in [0.4, 0.5) is 0 Å². The van der Waals surface area contributed by atoms with Gasteiger partial charge in [0.1, 0.15) is 0 Å². The Kier molecular flexibility index (Phi) is 4.58. The smallest absolute Gasteiger partial charge is 0.198 e. The van der Waals surface area contributed by atoms with Gasteiger partial charge in [0.05, 0.1) is 21.0 Å². The number of hydrogen-bond acceptors (Lipinski definition) is 3. The van der Waals surface area contributed by atoms with Gasteiger partial charge in [0, 0.05) is 0 Å². The van der Waals surface area contributed by atoms with Crippen LogP contribution in [0.25, 0.3) is 0 Å². The van der Waals surface area contributed by atoms with E-state index in [1.165, 1.54) is 30.3 Å². The summed E-state index contributed by atoms with van der Waals surface area (Å²) < 4.78 is 25.1. The van der Waals surface area contributed by atoms with Crippen molar-refractivity contribution in [1.29, 1.82) is 5.26 Å². The fraction of sp³-hybridized carbons (Fsp3) is 0.133. The number of aryl methyl sites for hydroxylation is 1. The maximum absolute atomic E-state index is 12.6. The Bertz CT molecular complexity index is 809. The summed E-state index contributed by atoms with van der Waals surface area (Å²) in [6.45, 7) is 1.86. The van der Waals surface area contributed by atoms with Gasteiger partial charge in [0.15, 0.2) is 15.1 Å². The van der Waals surface area contributed by atoms with Gasteiger partial charge in [-0.1, -0.05) is 47.0 Å². The molecule has 0 fully saturated rings.